The molecule has 1 aromatic heterocycles. The molecule has 33 heavy (non-hydrogen) atoms. The van der Waals surface area contributed by atoms with Gasteiger partial charge >= 0.3 is 5.97 Å². The lowest BCUT2D eigenvalue weighted by Crippen LogP contribution is -2.43. The van der Waals surface area contributed by atoms with Crippen molar-refractivity contribution in [3.8, 4) is 11.4 Å². The van der Waals surface area contributed by atoms with Gasteiger partial charge in [0.15, 0.2) is 0 Å². The molecule has 0 aliphatic carbocycles. The van der Waals surface area contributed by atoms with Crippen LogP contribution in [0.5, 0.6) is 0 Å². The Kier molecular flexibility index (Phi) is 9.14. The standard InChI is InChI=1S/C25H30N4O4/c1-3-32-25(31)21(17-18-9-5-4-6-10-18)27-24(30)20-14-12-19(13-15-20)23-28-22(33-29-23)11-7-8-16-26-2/h4-6,9-10,12-15,21,26H,3,7-8,11,16-17H2,1-2H3,(H,27,30)/t21-/m1/s1. The summed E-state index contributed by atoms with van der Waals surface area (Å²) in [6.07, 6.45) is 3.08. The molecule has 1 amide bonds. The summed E-state index contributed by atoms with van der Waals surface area (Å²) in [5.41, 5.74) is 2.12. The first kappa shape index (κ1) is 24.1. The van der Waals surface area contributed by atoms with Crippen molar-refractivity contribution in [3.05, 3.63) is 71.6 Å². The van der Waals surface area contributed by atoms with Crippen molar-refractivity contribution in [2.45, 2.75) is 38.6 Å². The molecule has 0 spiro atoms. The van der Waals surface area contributed by atoms with Crippen molar-refractivity contribution in [1.29, 1.82) is 0 Å². The average molecular weight is 451 g/mol. The highest BCUT2D eigenvalue weighted by atomic mass is 16.5. The lowest BCUT2D eigenvalue weighted by atomic mass is 10.0. The Morgan fingerprint density at radius 3 is 2.52 bits per heavy atom. The third kappa shape index (κ3) is 7.25. The summed E-state index contributed by atoms with van der Waals surface area (Å²) in [7, 11) is 1.93. The second-order valence-corrected chi connectivity index (χ2v) is 7.62. The molecule has 0 bridgehead atoms. The van der Waals surface area contributed by atoms with E-state index in [1.54, 1.807) is 31.2 Å². The number of nitrogens with one attached hydrogen (secondary N) is 2. The van der Waals surface area contributed by atoms with Crippen LogP contribution in [0.1, 0.15) is 41.6 Å². The molecule has 0 unspecified atom stereocenters. The Morgan fingerprint density at radius 2 is 1.82 bits per heavy atom. The highest BCUT2D eigenvalue weighted by molar-refractivity contribution is 5.97. The number of aromatic nitrogens is 2. The Balaban J connectivity index is 1.63. The second-order valence-electron chi connectivity index (χ2n) is 7.62. The number of unbranched alkanes of at least 4 members (excludes halogenated alkanes) is 1. The summed E-state index contributed by atoms with van der Waals surface area (Å²) >= 11 is 0. The van der Waals surface area contributed by atoms with Gasteiger partial charge in [-0.2, -0.15) is 4.98 Å². The molecule has 174 valence electrons. The molecule has 0 fully saturated rings. The number of hydrogen-bond acceptors (Lipinski definition) is 7. The van der Waals surface area contributed by atoms with Gasteiger partial charge in [0.1, 0.15) is 6.04 Å². The van der Waals surface area contributed by atoms with E-state index < -0.39 is 12.0 Å². The molecule has 2 aromatic carbocycles. The van der Waals surface area contributed by atoms with Gasteiger partial charge in [-0.1, -0.05) is 47.6 Å². The van der Waals surface area contributed by atoms with Crippen molar-refractivity contribution < 1.29 is 18.8 Å². The number of ether oxygens (including phenoxy) is 1. The van der Waals surface area contributed by atoms with Gasteiger partial charge in [0, 0.05) is 24.0 Å². The number of benzene rings is 2. The summed E-state index contributed by atoms with van der Waals surface area (Å²) in [6.45, 7) is 2.94. The molecule has 8 nitrogen and oxygen atoms in total. The molecule has 3 rings (SSSR count). The summed E-state index contributed by atoms with van der Waals surface area (Å²) in [5, 5.41) is 9.94. The van der Waals surface area contributed by atoms with Crippen LogP contribution in [-0.2, 0) is 22.4 Å². The number of hydrogen-bond donors (Lipinski definition) is 2. The van der Waals surface area contributed by atoms with Gasteiger partial charge in [-0.3, -0.25) is 4.79 Å². The third-order valence-electron chi connectivity index (χ3n) is 5.10. The van der Waals surface area contributed by atoms with Gasteiger partial charge in [0.05, 0.1) is 6.61 Å². The lowest BCUT2D eigenvalue weighted by Gasteiger charge is -2.17. The van der Waals surface area contributed by atoms with Crippen LogP contribution in [0.3, 0.4) is 0 Å². The fraction of sp³-hybridized carbons (Fsp3) is 0.360. The topological polar surface area (TPSA) is 106 Å². The highest BCUT2D eigenvalue weighted by Gasteiger charge is 2.23. The zero-order valence-electron chi connectivity index (χ0n) is 19.0. The number of esters is 1. The Morgan fingerprint density at radius 1 is 1.06 bits per heavy atom. The van der Waals surface area contributed by atoms with E-state index in [4.69, 9.17) is 9.26 Å². The Hall–Kier alpha value is -3.52. The van der Waals surface area contributed by atoms with Gasteiger partial charge in [0.2, 0.25) is 11.7 Å². The minimum atomic E-state index is -0.776. The van der Waals surface area contributed by atoms with E-state index >= 15 is 0 Å². The largest absolute Gasteiger partial charge is 0.464 e. The maximum absolute atomic E-state index is 12.8. The van der Waals surface area contributed by atoms with Crippen LogP contribution in [0.15, 0.2) is 59.1 Å². The number of aryl methyl sites for hydroxylation is 1. The normalized spacial score (nSPS) is 11.7. The predicted octanol–water partition coefficient (Wildman–Crippen LogP) is 3.18. The number of carbonyl (C=O) groups excluding carboxylic acids is 2. The first-order valence-electron chi connectivity index (χ1n) is 11.2. The molecule has 0 aliphatic heterocycles. The summed E-state index contributed by atoms with van der Waals surface area (Å²) in [5.74, 6) is 0.273. The van der Waals surface area contributed by atoms with E-state index in [0.717, 1.165) is 36.9 Å². The van der Waals surface area contributed by atoms with Crippen LogP contribution >= 0.6 is 0 Å². The highest BCUT2D eigenvalue weighted by Crippen LogP contribution is 2.18. The van der Waals surface area contributed by atoms with Crippen LogP contribution in [0.25, 0.3) is 11.4 Å². The van der Waals surface area contributed by atoms with Crippen molar-refractivity contribution in [1.82, 2.24) is 20.8 Å². The van der Waals surface area contributed by atoms with E-state index in [2.05, 4.69) is 20.8 Å². The van der Waals surface area contributed by atoms with Crippen LogP contribution in [-0.4, -0.2) is 48.3 Å². The fourth-order valence-electron chi connectivity index (χ4n) is 3.35. The smallest absolute Gasteiger partial charge is 0.328 e. The third-order valence-corrected chi connectivity index (χ3v) is 5.10. The van der Waals surface area contributed by atoms with Gasteiger partial charge in [-0.25, -0.2) is 4.79 Å². The number of amides is 1. The summed E-state index contributed by atoms with van der Waals surface area (Å²) in [4.78, 5) is 29.6. The molecule has 0 radical (unpaired) electrons. The molecule has 8 heteroatoms. The first-order chi connectivity index (χ1) is 16.1. The van der Waals surface area contributed by atoms with Crippen LogP contribution < -0.4 is 10.6 Å². The van der Waals surface area contributed by atoms with E-state index in [9.17, 15) is 9.59 Å². The number of nitrogens with zero attached hydrogens (tertiary/aromatic N) is 2. The molecule has 1 heterocycles. The minimum absolute atomic E-state index is 0.247. The molecular formula is C25H30N4O4. The fourth-order valence-corrected chi connectivity index (χ4v) is 3.35. The summed E-state index contributed by atoms with van der Waals surface area (Å²) < 4.78 is 10.5. The molecule has 0 saturated carbocycles. The van der Waals surface area contributed by atoms with Crippen LogP contribution in [0.2, 0.25) is 0 Å². The maximum atomic E-state index is 12.8. The molecule has 3 aromatic rings. The van der Waals surface area contributed by atoms with Crippen LogP contribution in [0.4, 0.5) is 0 Å². The lowest BCUT2D eigenvalue weighted by molar-refractivity contribution is -0.145. The van der Waals surface area contributed by atoms with Crippen molar-refractivity contribution in [3.63, 3.8) is 0 Å². The minimum Gasteiger partial charge on any atom is -0.464 e. The first-order valence-corrected chi connectivity index (χ1v) is 11.2. The number of rotatable bonds is 12. The second kappa shape index (κ2) is 12.5. The number of carbonyl (C=O) groups is 2. The van der Waals surface area contributed by atoms with Crippen LogP contribution in [0, 0.1) is 0 Å². The van der Waals surface area contributed by atoms with E-state index in [1.807, 2.05) is 37.4 Å². The van der Waals surface area contributed by atoms with Crippen molar-refractivity contribution in [2.24, 2.45) is 0 Å². The van der Waals surface area contributed by atoms with Gasteiger partial charge in [-0.15, -0.1) is 0 Å². The van der Waals surface area contributed by atoms with E-state index in [1.165, 1.54) is 0 Å². The van der Waals surface area contributed by atoms with Gasteiger partial charge in [0.25, 0.3) is 5.91 Å². The molecule has 2 N–H and O–H groups in total. The zero-order chi connectivity index (χ0) is 23.5. The molecule has 0 aliphatic rings. The van der Waals surface area contributed by atoms with Gasteiger partial charge < -0.3 is 19.9 Å². The zero-order valence-corrected chi connectivity index (χ0v) is 19.0. The predicted molar refractivity (Wildman–Crippen MR) is 125 cm³/mol. The molecule has 1 atom stereocenters. The Labute approximate surface area is 193 Å². The average Bonchev–Trinajstić information content (AvgIpc) is 3.31. The van der Waals surface area contributed by atoms with Crippen molar-refractivity contribution in [2.75, 3.05) is 20.2 Å². The molecular weight excluding hydrogens is 420 g/mol. The Bertz CT molecular complexity index is 1020. The monoisotopic (exact) mass is 450 g/mol. The quantitative estimate of drug-likeness (QED) is 0.322. The van der Waals surface area contributed by atoms with E-state index in [-0.39, 0.29) is 12.5 Å². The summed E-state index contributed by atoms with van der Waals surface area (Å²) in [6, 6.07) is 15.6. The van der Waals surface area contributed by atoms with Crippen molar-refractivity contribution >= 4 is 11.9 Å². The SMILES string of the molecule is CCOC(=O)[C@@H](Cc1ccccc1)NC(=O)c1ccc(-c2noc(CCCCNC)n2)cc1. The van der Waals surface area contributed by atoms with Gasteiger partial charge in [-0.05, 0) is 51.1 Å². The molecule has 0 saturated heterocycles. The maximum Gasteiger partial charge on any atom is 0.328 e. The van der Waals surface area contributed by atoms with E-state index in [0.29, 0.717) is 23.7 Å².